The number of benzene rings is 3. The lowest BCUT2D eigenvalue weighted by molar-refractivity contribution is 0.0904. The number of fused-ring (bicyclic) bond motifs is 1. The molecule has 1 unspecified atom stereocenters. The second kappa shape index (κ2) is 18.6. The van der Waals surface area contributed by atoms with E-state index >= 15 is 4.39 Å². The molecule has 1 atom stereocenters. The summed E-state index contributed by atoms with van der Waals surface area (Å²) in [5.41, 5.74) is 7.47. The lowest BCUT2D eigenvalue weighted by Gasteiger charge is -2.26. The predicted molar refractivity (Wildman–Crippen MR) is 218 cm³/mol. The Morgan fingerprint density at radius 3 is 2.41 bits per heavy atom. The zero-order valence-electron chi connectivity index (χ0n) is 32.4. The molecular formula is C44H53FN8O3. The van der Waals surface area contributed by atoms with Crippen molar-refractivity contribution in [3.63, 3.8) is 0 Å². The molecule has 0 radical (unpaired) electrons. The molecule has 2 fully saturated rings. The van der Waals surface area contributed by atoms with Gasteiger partial charge in [-0.15, -0.1) is 0 Å². The molecule has 12 heteroatoms. The van der Waals surface area contributed by atoms with Gasteiger partial charge in [0.2, 0.25) is 0 Å². The highest BCUT2D eigenvalue weighted by Crippen LogP contribution is 2.31. The van der Waals surface area contributed by atoms with Crippen molar-refractivity contribution in [2.24, 2.45) is 0 Å². The highest BCUT2D eigenvalue weighted by Gasteiger charge is 2.23. The fourth-order valence-corrected chi connectivity index (χ4v) is 7.70. The van der Waals surface area contributed by atoms with Crippen LogP contribution < -0.4 is 26.6 Å². The van der Waals surface area contributed by atoms with Crippen LogP contribution in [0.4, 0.5) is 10.1 Å². The van der Waals surface area contributed by atoms with Crippen LogP contribution in [-0.2, 0) is 37.3 Å². The van der Waals surface area contributed by atoms with Crippen molar-refractivity contribution in [3.05, 3.63) is 112 Å². The number of pyridine rings is 1. The van der Waals surface area contributed by atoms with Crippen molar-refractivity contribution >= 4 is 28.5 Å². The number of aromatic nitrogens is 3. The van der Waals surface area contributed by atoms with Crippen molar-refractivity contribution in [3.8, 4) is 11.1 Å². The normalized spacial score (nSPS) is 16.4. The molecule has 0 bridgehead atoms. The first-order valence-corrected chi connectivity index (χ1v) is 20.1. The minimum Gasteiger partial charge on any atom is -0.381 e. The number of carbonyl (C=O) groups excluding carboxylic acids is 2. The first kappa shape index (κ1) is 39.1. The summed E-state index contributed by atoms with van der Waals surface area (Å²) in [6.45, 7) is 9.48. The Kier molecular flexibility index (Phi) is 13.0. The van der Waals surface area contributed by atoms with Crippen LogP contribution in [0.15, 0.2) is 72.9 Å². The third-order valence-corrected chi connectivity index (χ3v) is 10.9. The summed E-state index contributed by atoms with van der Waals surface area (Å²) in [5, 5.41) is 22.4. The quantitative estimate of drug-likeness (QED) is 0.0867. The number of rotatable bonds is 14. The fourth-order valence-electron chi connectivity index (χ4n) is 7.70. The average Bonchev–Trinajstić information content (AvgIpc) is 3.47. The van der Waals surface area contributed by atoms with Crippen molar-refractivity contribution in [2.45, 2.75) is 90.6 Å². The average molecular weight is 761 g/mol. The van der Waals surface area contributed by atoms with Crippen LogP contribution in [0.3, 0.4) is 0 Å². The van der Waals surface area contributed by atoms with E-state index in [-0.39, 0.29) is 36.8 Å². The number of aryl methyl sites for hydroxylation is 2. The molecule has 0 spiro atoms. The van der Waals surface area contributed by atoms with Crippen molar-refractivity contribution in [2.75, 3.05) is 31.6 Å². The molecule has 5 aromatic rings. The molecule has 294 valence electrons. The highest BCUT2D eigenvalue weighted by molar-refractivity contribution is 6.00. The van der Waals surface area contributed by atoms with Gasteiger partial charge < -0.3 is 31.3 Å². The molecule has 2 saturated heterocycles. The number of anilines is 1. The number of hydrogen-bond acceptors (Lipinski definition) is 8. The smallest absolute Gasteiger partial charge is 0.251 e. The summed E-state index contributed by atoms with van der Waals surface area (Å²) in [7, 11) is 0. The molecule has 0 aliphatic carbocycles. The first-order chi connectivity index (χ1) is 27.4. The Labute approximate surface area is 328 Å². The predicted octanol–water partition coefficient (Wildman–Crippen LogP) is 6.50. The van der Waals surface area contributed by atoms with Crippen molar-refractivity contribution < 1.29 is 18.7 Å². The third-order valence-electron chi connectivity index (χ3n) is 10.9. The lowest BCUT2D eigenvalue weighted by Crippen LogP contribution is -2.30. The van der Waals surface area contributed by atoms with Crippen LogP contribution in [0, 0.1) is 5.82 Å². The van der Waals surface area contributed by atoms with E-state index in [2.05, 4.69) is 44.7 Å². The Bertz CT molecular complexity index is 2140. The molecular weight excluding hydrogens is 708 g/mol. The second-order valence-corrected chi connectivity index (χ2v) is 14.7. The van der Waals surface area contributed by atoms with Gasteiger partial charge in [0.05, 0.1) is 17.3 Å². The number of hydrogen-bond donors (Lipinski definition) is 5. The maximum absolute atomic E-state index is 15.2. The third kappa shape index (κ3) is 9.43. The van der Waals surface area contributed by atoms with E-state index in [1.165, 1.54) is 6.07 Å². The topological polar surface area (TPSA) is 134 Å². The van der Waals surface area contributed by atoms with E-state index in [4.69, 9.17) is 9.72 Å². The minimum absolute atomic E-state index is 0.201. The molecule has 5 N–H and O–H groups in total. The van der Waals surface area contributed by atoms with Gasteiger partial charge in [0.1, 0.15) is 5.82 Å². The molecule has 11 nitrogen and oxygen atoms in total. The highest BCUT2D eigenvalue weighted by atomic mass is 19.1. The maximum atomic E-state index is 15.2. The lowest BCUT2D eigenvalue weighted by atomic mass is 10.00. The zero-order valence-corrected chi connectivity index (χ0v) is 32.4. The summed E-state index contributed by atoms with van der Waals surface area (Å²) in [6.07, 6.45) is 7.71. The molecule has 7 rings (SSSR count). The molecule has 2 aliphatic rings. The van der Waals surface area contributed by atoms with Gasteiger partial charge in [-0.3, -0.25) is 9.59 Å². The van der Waals surface area contributed by atoms with E-state index in [1.54, 1.807) is 36.4 Å². The van der Waals surface area contributed by atoms with E-state index < -0.39 is 0 Å². The molecule has 4 heterocycles. The summed E-state index contributed by atoms with van der Waals surface area (Å²) in [5.74, 6) is -0.941. The van der Waals surface area contributed by atoms with Gasteiger partial charge in [-0.05, 0) is 112 Å². The summed E-state index contributed by atoms with van der Waals surface area (Å²) >= 11 is 0. The van der Waals surface area contributed by atoms with Crippen LogP contribution >= 0.6 is 0 Å². The fraction of sp³-hybridized carbons (Fsp3) is 0.409. The Morgan fingerprint density at radius 2 is 1.62 bits per heavy atom. The van der Waals surface area contributed by atoms with Crippen molar-refractivity contribution in [1.29, 1.82) is 0 Å². The van der Waals surface area contributed by atoms with Crippen LogP contribution in [0.5, 0.6) is 0 Å². The monoisotopic (exact) mass is 760 g/mol. The van der Waals surface area contributed by atoms with E-state index in [9.17, 15) is 9.59 Å². The van der Waals surface area contributed by atoms with Gasteiger partial charge in [0.15, 0.2) is 5.65 Å². The van der Waals surface area contributed by atoms with E-state index in [0.29, 0.717) is 48.9 Å². The van der Waals surface area contributed by atoms with E-state index in [0.717, 1.165) is 96.4 Å². The van der Waals surface area contributed by atoms with Crippen LogP contribution in [0.1, 0.15) is 89.1 Å². The molecule has 2 aliphatic heterocycles. The van der Waals surface area contributed by atoms with Gasteiger partial charge in [-0.2, -0.15) is 5.10 Å². The molecule has 2 aromatic heterocycles. The summed E-state index contributed by atoms with van der Waals surface area (Å²) in [6, 6.07) is 20.3. The Morgan fingerprint density at radius 1 is 0.857 bits per heavy atom. The molecule has 3 aromatic carbocycles. The van der Waals surface area contributed by atoms with Crippen LogP contribution in [0.2, 0.25) is 0 Å². The number of amides is 2. The van der Waals surface area contributed by atoms with Gasteiger partial charge >= 0.3 is 0 Å². The van der Waals surface area contributed by atoms with Crippen molar-refractivity contribution in [1.82, 2.24) is 36.0 Å². The number of nitrogens with one attached hydrogen (secondary N) is 5. The maximum Gasteiger partial charge on any atom is 0.251 e. The SMILES string of the molecule is CCc1nc2c(cnn2CC)c(NC2CCOCC2)c1CNC(=O)c1cccc(C(=O)NCc2ccc(F)c(-c3cccc(CNC4CCCNCC4)c3)c2)c1. The summed E-state index contributed by atoms with van der Waals surface area (Å²) in [4.78, 5) is 31.9. The number of ether oxygens (including phenoxy) is 1. The van der Waals surface area contributed by atoms with Gasteiger partial charge in [-0.25, -0.2) is 14.1 Å². The molecule has 56 heavy (non-hydrogen) atoms. The largest absolute Gasteiger partial charge is 0.381 e. The van der Waals surface area contributed by atoms with Gasteiger partial charge in [-0.1, -0.05) is 37.3 Å². The number of nitrogens with zero attached hydrogens (tertiary/aromatic N) is 3. The number of halogens is 1. The first-order valence-electron chi connectivity index (χ1n) is 20.1. The van der Waals surface area contributed by atoms with Gasteiger partial charge in [0, 0.05) is 79.4 Å². The zero-order chi connectivity index (χ0) is 38.9. The summed E-state index contributed by atoms with van der Waals surface area (Å²) < 4.78 is 22.6. The molecule has 2 amide bonds. The van der Waals surface area contributed by atoms with Crippen LogP contribution in [-0.4, -0.2) is 65.0 Å². The van der Waals surface area contributed by atoms with Gasteiger partial charge in [0.25, 0.3) is 11.8 Å². The second-order valence-electron chi connectivity index (χ2n) is 14.7. The Balaban J connectivity index is 1.00. The Hall–Kier alpha value is -5.17. The van der Waals surface area contributed by atoms with Crippen LogP contribution in [0.25, 0.3) is 22.2 Å². The minimum atomic E-state index is -0.328. The number of carbonyl (C=O) groups is 2. The standard InChI is InChI=1S/C44H53FN8O3/c1-3-40-37(41(51-35-16-20-56-21-17-35)38-28-50-53(4-2)42(38)52-40)27-49-44(55)33-11-6-10-32(24-33)43(54)48-26-30-13-14-39(45)36(23-30)31-9-5-8-29(22-31)25-47-34-12-7-18-46-19-15-34/h5-6,8-11,13-14,22-24,28,34-35,46-47H,3-4,7,12,15-21,25-27H2,1-2H3,(H,48,54)(H,49,55)(H,51,52). The van der Waals surface area contributed by atoms with E-state index in [1.807, 2.05) is 36.0 Å². The molecule has 0 saturated carbocycles.